The van der Waals surface area contributed by atoms with Gasteiger partial charge >= 0.3 is 6.03 Å². The van der Waals surface area contributed by atoms with Gasteiger partial charge < -0.3 is 10.6 Å². The number of nitrogens with one attached hydrogen (secondary N) is 2. The van der Waals surface area contributed by atoms with E-state index in [1.165, 1.54) is 5.56 Å². The number of hydrogen-bond acceptors (Lipinski definition) is 1. The van der Waals surface area contributed by atoms with Crippen molar-refractivity contribution in [1.82, 2.24) is 5.32 Å². The van der Waals surface area contributed by atoms with Crippen molar-refractivity contribution >= 4 is 11.7 Å². The molecule has 0 aromatic heterocycles. The molecule has 1 unspecified atom stereocenters. The van der Waals surface area contributed by atoms with Gasteiger partial charge in [-0.3, -0.25) is 0 Å². The fourth-order valence-corrected chi connectivity index (χ4v) is 2.31. The summed E-state index contributed by atoms with van der Waals surface area (Å²) in [7, 11) is 0. The van der Waals surface area contributed by atoms with Gasteiger partial charge in [0, 0.05) is 5.69 Å². The number of rotatable bonds is 5. The number of anilines is 1. The predicted molar refractivity (Wildman–Crippen MR) is 87.4 cm³/mol. The van der Waals surface area contributed by atoms with Crippen LogP contribution in [-0.2, 0) is 6.42 Å². The third kappa shape index (κ3) is 4.35. The molecule has 2 N–H and O–H groups in total. The molecule has 0 bridgehead atoms. The largest absolute Gasteiger partial charge is 0.331 e. The van der Waals surface area contributed by atoms with E-state index >= 15 is 0 Å². The number of para-hydroxylation sites is 1. The van der Waals surface area contributed by atoms with E-state index in [1.807, 2.05) is 55.5 Å². The van der Waals surface area contributed by atoms with E-state index in [-0.39, 0.29) is 12.1 Å². The summed E-state index contributed by atoms with van der Waals surface area (Å²) in [5, 5.41) is 5.91. The molecule has 0 heterocycles. The van der Waals surface area contributed by atoms with Gasteiger partial charge in [0.25, 0.3) is 0 Å². The number of carbonyl (C=O) groups excluding carboxylic acids is 1. The molecule has 1 atom stereocenters. The Kier molecular flexibility index (Phi) is 5.38. The van der Waals surface area contributed by atoms with E-state index in [2.05, 4.69) is 23.6 Å². The van der Waals surface area contributed by atoms with E-state index in [4.69, 9.17) is 0 Å². The quantitative estimate of drug-likeness (QED) is 0.831. The summed E-state index contributed by atoms with van der Waals surface area (Å²) in [6, 6.07) is 17.7. The third-order valence-corrected chi connectivity index (χ3v) is 3.43. The van der Waals surface area contributed by atoms with Gasteiger partial charge in [-0.25, -0.2) is 4.79 Å². The molecule has 0 spiro atoms. The van der Waals surface area contributed by atoms with Crippen molar-refractivity contribution in [2.75, 3.05) is 5.32 Å². The van der Waals surface area contributed by atoms with Gasteiger partial charge in [-0.1, -0.05) is 61.9 Å². The summed E-state index contributed by atoms with van der Waals surface area (Å²) in [6.07, 6.45) is 2.02. The normalized spacial score (nSPS) is 11.7. The molecule has 0 aliphatic rings. The van der Waals surface area contributed by atoms with Crippen LogP contribution in [0.3, 0.4) is 0 Å². The summed E-state index contributed by atoms with van der Waals surface area (Å²) in [4.78, 5) is 12.1. The van der Waals surface area contributed by atoms with E-state index in [1.54, 1.807) is 0 Å². The lowest BCUT2D eigenvalue weighted by molar-refractivity contribution is 0.249. The highest BCUT2D eigenvalue weighted by atomic mass is 16.2. The van der Waals surface area contributed by atoms with E-state index in [9.17, 15) is 4.79 Å². The SMILES string of the molecule is CCCc1ccccc1NC(=O)NC(C)c1ccccc1. The molecule has 0 saturated heterocycles. The molecule has 0 aliphatic heterocycles. The van der Waals surface area contributed by atoms with Crippen LogP contribution in [0.5, 0.6) is 0 Å². The van der Waals surface area contributed by atoms with Gasteiger partial charge in [-0.05, 0) is 30.5 Å². The van der Waals surface area contributed by atoms with Crippen molar-refractivity contribution in [3.63, 3.8) is 0 Å². The molecule has 3 nitrogen and oxygen atoms in total. The van der Waals surface area contributed by atoms with Gasteiger partial charge in [0.05, 0.1) is 6.04 Å². The highest BCUT2D eigenvalue weighted by molar-refractivity contribution is 5.90. The summed E-state index contributed by atoms with van der Waals surface area (Å²) in [6.45, 7) is 4.11. The van der Waals surface area contributed by atoms with Crippen LogP contribution in [0.25, 0.3) is 0 Å². The Morgan fingerprint density at radius 3 is 2.43 bits per heavy atom. The summed E-state index contributed by atoms with van der Waals surface area (Å²) < 4.78 is 0. The van der Waals surface area contributed by atoms with Crippen molar-refractivity contribution < 1.29 is 4.79 Å². The molecule has 0 radical (unpaired) electrons. The van der Waals surface area contributed by atoms with E-state index < -0.39 is 0 Å². The van der Waals surface area contributed by atoms with Gasteiger partial charge in [-0.15, -0.1) is 0 Å². The van der Waals surface area contributed by atoms with E-state index in [0.717, 1.165) is 24.1 Å². The maximum Gasteiger partial charge on any atom is 0.319 e. The lowest BCUT2D eigenvalue weighted by Gasteiger charge is -2.16. The Bertz CT molecular complexity index is 581. The maximum absolute atomic E-state index is 12.1. The van der Waals surface area contributed by atoms with Crippen molar-refractivity contribution in [2.45, 2.75) is 32.7 Å². The average Bonchev–Trinajstić information content (AvgIpc) is 2.50. The molecule has 0 aliphatic carbocycles. The van der Waals surface area contributed by atoms with Crippen LogP contribution in [0.4, 0.5) is 10.5 Å². The highest BCUT2D eigenvalue weighted by Gasteiger charge is 2.10. The summed E-state index contributed by atoms with van der Waals surface area (Å²) >= 11 is 0. The number of carbonyl (C=O) groups is 1. The second-order valence-electron chi connectivity index (χ2n) is 5.14. The van der Waals surface area contributed by atoms with Gasteiger partial charge in [0.15, 0.2) is 0 Å². The van der Waals surface area contributed by atoms with Crippen LogP contribution in [0, 0.1) is 0 Å². The lowest BCUT2D eigenvalue weighted by atomic mass is 10.1. The van der Waals surface area contributed by atoms with Crippen LogP contribution in [0.2, 0.25) is 0 Å². The van der Waals surface area contributed by atoms with Gasteiger partial charge in [0.1, 0.15) is 0 Å². The lowest BCUT2D eigenvalue weighted by Crippen LogP contribution is -2.31. The first-order valence-corrected chi connectivity index (χ1v) is 7.41. The molecular formula is C18H22N2O. The Balaban J connectivity index is 1.99. The molecule has 110 valence electrons. The predicted octanol–water partition coefficient (Wildman–Crippen LogP) is 4.52. The van der Waals surface area contributed by atoms with Crippen LogP contribution in [-0.4, -0.2) is 6.03 Å². The highest BCUT2D eigenvalue weighted by Crippen LogP contribution is 2.17. The first-order valence-electron chi connectivity index (χ1n) is 7.41. The summed E-state index contributed by atoms with van der Waals surface area (Å²) in [5.74, 6) is 0. The average molecular weight is 282 g/mol. The Morgan fingerprint density at radius 1 is 1.05 bits per heavy atom. The number of aryl methyl sites for hydroxylation is 1. The number of benzene rings is 2. The molecular weight excluding hydrogens is 260 g/mol. The first-order chi connectivity index (χ1) is 10.2. The fraction of sp³-hybridized carbons (Fsp3) is 0.278. The topological polar surface area (TPSA) is 41.1 Å². The molecule has 2 aromatic rings. The fourth-order valence-electron chi connectivity index (χ4n) is 2.31. The van der Waals surface area contributed by atoms with Gasteiger partial charge in [0.2, 0.25) is 0 Å². The maximum atomic E-state index is 12.1. The third-order valence-electron chi connectivity index (χ3n) is 3.43. The number of urea groups is 1. The molecule has 3 heteroatoms. The second-order valence-corrected chi connectivity index (χ2v) is 5.14. The minimum Gasteiger partial charge on any atom is -0.331 e. The smallest absolute Gasteiger partial charge is 0.319 e. The molecule has 2 aromatic carbocycles. The number of hydrogen-bond donors (Lipinski definition) is 2. The van der Waals surface area contributed by atoms with Crippen molar-refractivity contribution in [3.05, 3.63) is 65.7 Å². The van der Waals surface area contributed by atoms with Crippen molar-refractivity contribution in [1.29, 1.82) is 0 Å². The summed E-state index contributed by atoms with van der Waals surface area (Å²) in [5.41, 5.74) is 3.15. The van der Waals surface area contributed by atoms with Gasteiger partial charge in [-0.2, -0.15) is 0 Å². The molecule has 2 rings (SSSR count). The molecule has 0 fully saturated rings. The molecule has 21 heavy (non-hydrogen) atoms. The second kappa shape index (κ2) is 7.48. The van der Waals surface area contributed by atoms with Crippen LogP contribution >= 0.6 is 0 Å². The van der Waals surface area contributed by atoms with Crippen LogP contribution in [0.15, 0.2) is 54.6 Å². The van der Waals surface area contributed by atoms with Crippen molar-refractivity contribution in [2.24, 2.45) is 0 Å². The Hall–Kier alpha value is -2.29. The molecule has 0 saturated carbocycles. The minimum absolute atomic E-state index is 0.0236. The van der Waals surface area contributed by atoms with Crippen LogP contribution < -0.4 is 10.6 Å². The zero-order valence-corrected chi connectivity index (χ0v) is 12.6. The monoisotopic (exact) mass is 282 g/mol. The Morgan fingerprint density at radius 2 is 1.71 bits per heavy atom. The van der Waals surface area contributed by atoms with Crippen LogP contribution in [0.1, 0.15) is 37.4 Å². The Labute approximate surface area is 126 Å². The first kappa shape index (κ1) is 15.1. The van der Waals surface area contributed by atoms with E-state index in [0.29, 0.717) is 0 Å². The zero-order valence-electron chi connectivity index (χ0n) is 12.6. The van der Waals surface area contributed by atoms with Crippen molar-refractivity contribution in [3.8, 4) is 0 Å². The molecule has 2 amide bonds. The number of amides is 2. The zero-order chi connectivity index (χ0) is 15.1. The minimum atomic E-state index is -0.171. The standard InChI is InChI=1S/C18H22N2O/c1-3-9-16-12-7-8-13-17(16)20-18(21)19-14(2)15-10-5-4-6-11-15/h4-8,10-14H,3,9H2,1-2H3,(H2,19,20,21).